The maximum atomic E-state index is 14.9. The Morgan fingerprint density at radius 2 is 0.521 bits per heavy atom. The molecule has 0 spiro atoms. The third kappa shape index (κ3) is 27.5. The lowest BCUT2D eigenvalue weighted by Gasteiger charge is -2.36. The molecule has 14 rings (SSSR count). The van der Waals surface area contributed by atoms with E-state index in [1.807, 2.05) is 0 Å². The molecule has 0 amide bonds. The van der Waals surface area contributed by atoms with Gasteiger partial charge in [-0.1, -0.05) is 77.8 Å². The zero-order valence-electron chi connectivity index (χ0n) is 75.6. The molecule has 14 unspecified atom stereocenters. The van der Waals surface area contributed by atoms with Crippen molar-refractivity contribution in [3.8, 4) is 0 Å². The van der Waals surface area contributed by atoms with Crippen molar-refractivity contribution in [1.82, 2.24) is 66.9 Å². The summed E-state index contributed by atoms with van der Waals surface area (Å²) >= 11 is 37.6. The summed E-state index contributed by atoms with van der Waals surface area (Å²) in [6.45, 7) is -27.7. The molecule has 0 saturated carbocycles. The Kier molecular flexibility index (Phi) is 35.5. The van der Waals surface area contributed by atoms with Gasteiger partial charge >= 0.3 is 39.8 Å². The summed E-state index contributed by atoms with van der Waals surface area (Å²) in [6, 6.07) is 0. The number of aryl methyl sites for hydroxylation is 7. The number of nitrogen functional groups attached to an aromatic ring is 2. The summed E-state index contributed by atoms with van der Waals surface area (Å²) in [6.07, 6.45) is -24.2. The lowest BCUT2D eigenvalue weighted by Crippen LogP contribution is -2.35. The van der Waals surface area contributed by atoms with E-state index in [4.69, 9.17) is 191 Å². The van der Waals surface area contributed by atoms with Crippen LogP contribution in [-0.2, 0) is 184 Å². The number of nitrogens with zero attached hydrogens (tertiary/aromatic N) is 9. The molecule has 0 radical (unpaired) electrons. The number of hydrogen-bond acceptors (Lipinski definition) is 51. The molecule has 70 heteroatoms. The van der Waals surface area contributed by atoms with Gasteiger partial charge < -0.3 is 150 Å². The van der Waals surface area contributed by atoms with E-state index in [9.17, 15) is 91.5 Å². The fourth-order valence-electron chi connectivity index (χ4n) is 16.1. The van der Waals surface area contributed by atoms with Crippen molar-refractivity contribution in [1.29, 1.82) is 0 Å². The van der Waals surface area contributed by atoms with Gasteiger partial charge in [0.1, 0.15) is 132 Å². The van der Waals surface area contributed by atoms with Crippen LogP contribution in [0.5, 0.6) is 0 Å². The minimum Gasteiger partial charge on any atom is -0.780 e. The zero-order valence-corrected chi connectivity index (χ0v) is 87.5. The van der Waals surface area contributed by atoms with Crippen molar-refractivity contribution in [2.24, 2.45) is 0 Å². The number of hydrogen-bond donors (Lipinski definition) is 7. The van der Waals surface area contributed by atoms with Crippen LogP contribution in [0.15, 0.2) is 101 Å². The minimum atomic E-state index is -5.10. The largest absolute Gasteiger partial charge is 0.780 e. The molecular weight excluding hydrogens is 2170 g/mol. The summed E-state index contributed by atoms with van der Waals surface area (Å²) in [5.74, 6) is -0.258. The van der Waals surface area contributed by atoms with Gasteiger partial charge in [0, 0.05) is 134 Å². The Morgan fingerprint density at radius 1 is 0.331 bits per heavy atom. The average molecular weight is 2260 g/mol. The smallest absolute Gasteiger partial charge is 0.351 e. The monoisotopic (exact) mass is 2260 g/mol. The van der Waals surface area contributed by atoms with Gasteiger partial charge in [0.05, 0.1) is 88.5 Å². The van der Waals surface area contributed by atoms with E-state index in [-0.39, 0.29) is 64.3 Å². The van der Waals surface area contributed by atoms with E-state index in [1.165, 1.54) is 60.1 Å². The molecule has 7 fully saturated rings. The maximum Gasteiger partial charge on any atom is 0.351 e. The van der Waals surface area contributed by atoms with Gasteiger partial charge in [0.25, 0.3) is 27.8 Å². The van der Waals surface area contributed by atoms with Crippen LogP contribution in [0.4, 0.5) is 11.6 Å². The SMILES string of the molecule is CC[C@H]1O[C@@H](n2cc(C)c(=O)[nH]c2=O)CC1OP([O-])(=S)OC[C@H]1O[C@@H](n2cc(C)c(=O)[nH]c2=O)CC1OP(=O)([S-])OC[C@H]1O[C@@H](n2cc(C)c(=O)[nH]c2=O)CC1OP([O-])(=S)OC[C@H]1O[C@@H](n2cc(C)c(=O)[nH]c2=O)CC1OP([O-])(=S)OC[C@H]1O[C@@H](n2cc(C)c(N)nc2=O)CC1OP([O-])(=S)OC[C@H]1O[C@@H](n2cc(C)c(=O)[nH]c2=O)CC1OP([O-])(=S)OC[C@H]1O[C@@H](n2cc(C)c(N)nc2=O)CC1OP([O-])(=S)OC. The molecule has 14 heterocycles. The highest BCUT2D eigenvalue weighted by Crippen LogP contribution is 2.57. The molecule has 7 aromatic heterocycles. The van der Waals surface area contributed by atoms with Crippen molar-refractivity contribution < 1.29 is 130 Å². The summed E-state index contributed by atoms with van der Waals surface area (Å²) in [7, 11) is 1.02. The molecule has 784 valence electrons. The Balaban J connectivity index is 0.665. The Morgan fingerprint density at radius 3 is 0.746 bits per heavy atom. The lowest BCUT2D eigenvalue weighted by molar-refractivity contribution is -0.221. The summed E-state index contributed by atoms with van der Waals surface area (Å²) < 4.78 is 145. The topological polar surface area (TPSA) is 745 Å². The number of nitrogens with two attached hydrogens (primary N) is 2. The van der Waals surface area contributed by atoms with Crippen molar-refractivity contribution in [3.05, 3.63) is 207 Å². The van der Waals surface area contributed by atoms with E-state index in [0.717, 1.165) is 63.9 Å². The van der Waals surface area contributed by atoms with Crippen LogP contribution in [-0.4, -0.2) is 199 Å². The number of H-pyrrole nitrogens is 5. The van der Waals surface area contributed by atoms with E-state index in [1.54, 1.807) is 13.8 Å². The summed E-state index contributed by atoms with van der Waals surface area (Å²) in [4.78, 5) is 260. The van der Waals surface area contributed by atoms with Gasteiger partial charge in [-0.2, -0.15) is 9.97 Å². The molecule has 0 aromatic carbocycles. The second-order valence-corrected chi connectivity index (χ2v) is 52.5. The quantitative estimate of drug-likeness (QED) is 0.0145. The van der Waals surface area contributed by atoms with Crippen LogP contribution >= 0.6 is 47.1 Å². The number of ether oxygens (including phenoxy) is 7. The highest BCUT2D eigenvalue weighted by Gasteiger charge is 2.49. The molecular formula is C72H92N16O40P7S7-7. The molecule has 9 N–H and O–H groups in total. The second kappa shape index (κ2) is 45.1. The number of nitrogens with one attached hydrogen (secondary N) is 5. The van der Waals surface area contributed by atoms with Gasteiger partial charge in [-0.15, -0.1) is 0 Å². The van der Waals surface area contributed by atoms with Crippen LogP contribution < -0.4 is 108 Å². The van der Waals surface area contributed by atoms with E-state index in [0.29, 0.717) is 5.56 Å². The predicted molar refractivity (Wildman–Crippen MR) is 503 cm³/mol. The third-order valence-corrected chi connectivity index (χ3v) is 34.5. The number of aromatic amines is 5. The molecule has 28 atom stereocenters. The van der Waals surface area contributed by atoms with Gasteiger partial charge in [0.2, 0.25) is 0 Å². The molecule has 7 aliphatic rings. The van der Waals surface area contributed by atoms with Crippen LogP contribution in [0.25, 0.3) is 0 Å². The molecule has 56 nitrogen and oxygen atoms in total. The molecule has 142 heavy (non-hydrogen) atoms. The number of anilines is 2. The average Bonchev–Trinajstić information content (AvgIpc) is 1.58. The number of rotatable bonds is 41. The number of aromatic nitrogens is 14. The fourth-order valence-corrected chi connectivity index (χ4v) is 25.8. The van der Waals surface area contributed by atoms with Gasteiger partial charge in [-0.25, -0.2) is 33.6 Å². The minimum absolute atomic E-state index is 0.00951. The summed E-state index contributed by atoms with van der Waals surface area (Å²) in [5, 5.41) is 0. The van der Waals surface area contributed by atoms with Gasteiger partial charge in [0.15, 0.2) is 6.80 Å². The van der Waals surface area contributed by atoms with Gasteiger partial charge in [-0.3, -0.25) is 85.4 Å². The zero-order chi connectivity index (χ0) is 103. The standard InChI is InChI=1S/C72H99N16O40P7S7/c1-10-38-39(11-52(115-38)84-20-33(4)61(89)77-68(84)96)123-130(102,137)109-26-48-42(14-55(118-48)85-21-34(5)62(90)78-69(85)97)126-134(106,141)113-29-51-45(17-58(121-51)88-24-37(8)65(93)81-72(88)100)128-135(107,142)114-30-50-44(16-57(120-50)87-23-36(7)64(92)80-71(87)99)127-133(105,140)111-27-47-41(13-54(117-47)83-19-32(3)60(74)76-67(83)95)124-132(104,139)112-28-49-43(15-56(119-49)86-22-35(6)63(91)79-70(86)98)125-131(103,138)110-25-46-40(122-129(101,136)108-9)12-53(116-46)82-18-31(2)59(73)75-66(82)94/h18-24,38-58H,10-17,25-30H2,1-9H3,(H,101,136)(H,102,137)(H,103,138)(H,104,139)(H,105,140)(H,106,141)(H,107,142)(H2,73,75,94)(H2,74,76,95)(H,77,89,96)(H,78,90,97)(H,79,91,98)(H,80,92,99)(H,81,93,100)/p-7/t38-,39?,40?,41?,42?,43?,44?,45?,46-,47-,48-,49-,50-,51-,52-,53-,54-,55-,56-,57-,58-,129?,130?,131?,132?,133?,134?,135?/m1/s1. The molecule has 0 aliphatic carbocycles. The van der Waals surface area contributed by atoms with Crippen LogP contribution in [0.1, 0.15) is 141 Å². The molecule has 7 aliphatic heterocycles. The van der Waals surface area contributed by atoms with Crippen molar-refractivity contribution >= 4 is 142 Å². The first-order valence-electron chi connectivity index (χ1n) is 42.7. The lowest BCUT2D eigenvalue weighted by atomic mass is 10.1. The highest BCUT2D eigenvalue weighted by atomic mass is 32.7. The normalized spacial score (nSPS) is 29.8. The van der Waals surface area contributed by atoms with Gasteiger partial charge in [-0.05, 0) is 54.9 Å². The molecule has 7 aromatic rings. The Hall–Kier alpha value is -5.84. The first-order chi connectivity index (χ1) is 66.4. The van der Waals surface area contributed by atoms with Crippen LogP contribution in [0.2, 0.25) is 0 Å². The van der Waals surface area contributed by atoms with E-state index >= 15 is 0 Å². The second-order valence-electron chi connectivity index (χ2n) is 33.4. The van der Waals surface area contributed by atoms with Crippen molar-refractivity contribution in [2.45, 2.75) is 236 Å². The highest BCUT2D eigenvalue weighted by molar-refractivity contribution is 8.32. The maximum absolute atomic E-state index is 14.9. The Labute approximate surface area is 835 Å². The van der Waals surface area contributed by atoms with E-state index in [2.05, 4.69) is 34.9 Å². The fraction of sp³-hybridized carbons (Fsp3) is 0.611. The van der Waals surface area contributed by atoms with Crippen LogP contribution in [0, 0.1) is 48.5 Å². The Bertz CT molecular complexity index is 7100. The molecule has 7 saturated heterocycles. The van der Waals surface area contributed by atoms with E-state index < -0.39 is 316 Å². The first-order valence-corrected chi connectivity index (χ1v) is 60.6. The third-order valence-electron chi connectivity index (χ3n) is 23.4. The molecule has 0 bridgehead atoms. The van der Waals surface area contributed by atoms with Crippen LogP contribution in [0.3, 0.4) is 0 Å². The first kappa shape index (κ1) is 112. The van der Waals surface area contributed by atoms with Crippen molar-refractivity contribution in [3.63, 3.8) is 0 Å². The summed E-state index contributed by atoms with van der Waals surface area (Å²) in [5.41, 5.74) is 2.23. The predicted octanol–water partition coefficient (Wildman–Crippen LogP) is -3.40. The van der Waals surface area contributed by atoms with Crippen molar-refractivity contribution in [2.75, 3.05) is 58.2 Å².